The van der Waals surface area contributed by atoms with Gasteiger partial charge in [0.1, 0.15) is 5.00 Å². The standard InChI is InChI=1S/C28H29N3OS/c1-18-13-14-21(15-19(18)2)31-27(32)26-23-10-5-3-4-6-12-25(23)33-28(26)30-17-20-16-29-24-11-8-7-9-22(20)24/h7-9,11,13-17,29H,3-6,10,12H2,1-2H3,(H,31,32). The molecule has 168 valence electrons. The van der Waals surface area contributed by atoms with Crippen LogP contribution in [-0.4, -0.2) is 17.1 Å². The largest absolute Gasteiger partial charge is 0.361 e. The average Bonchev–Trinajstić information content (AvgIpc) is 3.35. The lowest BCUT2D eigenvalue weighted by molar-refractivity contribution is 0.102. The summed E-state index contributed by atoms with van der Waals surface area (Å²) in [6.07, 6.45) is 10.6. The fraction of sp³-hybridized carbons (Fsp3) is 0.286. The predicted octanol–water partition coefficient (Wildman–Crippen LogP) is 7.51. The van der Waals surface area contributed by atoms with Crippen LogP contribution in [0, 0.1) is 13.8 Å². The van der Waals surface area contributed by atoms with Crippen molar-refractivity contribution in [2.45, 2.75) is 52.4 Å². The number of thiophene rings is 1. The van der Waals surface area contributed by atoms with Crippen LogP contribution in [-0.2, 0) is 12.8 Å². The number of amides is 1. The Morgan fingerprint density at radius 2 is 1.85 bits per heavy atom. The van der Waals surface area contributed by atoms with Crippen molar-refractivity contribution in [1.82, 2.24) is 4.98 Å². The number of aliphatic imine (C=N–C) groups is 1. The highest BCUT2D eigenvalue weighted by molar-refractivity contribution is 7.16. The van der Waals surface area contributed by atoms with Crippen LogP contribution in [0.15, 0.2) is 53.7 Å². The fourth-order valence-electron chi connectivity index (χ4n) is 4.57. The Hall–Kier alpha value is -3.18. The first-order chi connectivity index (χ1) is 16.1. The smallest absolute Gasteiger partial charge is 0.259 e. The predicted molar refractivity (Wildman–Crippen MR) is 140 cm³/mol. The van der Waals surface area contributed by atoms with Crippen LogP contribution >= 0.6 is 11.3 Å². The van der Waals surface area contributed by atoms with E-state index in [2.05, 4.69) is 42.3 Å². The number of hydrogen-bond acceptors (Lipinski definition) is 3. The van der Waals surface area contributed by atoms with Crippen molar-refractivity contribution in [2.75, 3.05) is 5.32 Å². The zero-order chi connectivity index (χ0) is 22.8. The highest BCUT2D eigenvalue weighted by Gasteiger charge is 2.24. The quantitative estimate of drug-likeness (QED) is 0.307. The van der Waals surface area contributed by atoms with Crippen molar-refractivity contribution in [3.05, 3.63) is 81.4 Å². The summed E-state index contributed by atoms with van der Waals surface area (Å²) in [6, 6.07) is 14.3. The van der Waals surface area contributed by atoms with Gasteiger partial charge in [0.2, 0.25) is 0 Å². The molecule has 0 radical (unpaired) electrons. The third-order valence-electron chi connectivity index (χ3n) is 6.59. The molecular formula is C28H29N3OS. The van der Waals surface area contributed by atoms with Gasteiger partial charge in [0.15, 0.2) is 0 Å². The zero-order valence-electron chi connectivity index (χ0n) is 19.2. The summed E-state index contributed by atoms with van der Waals surface area (Å²) in [5.74, 6) is -0.0533. The van der Waals surface area contributed by atoms with E-state index in [0.29, 0.717) is 0 Å². The number of anilines is 1. The molecule has 1 aliphatic carbocycles. The molecule has 5 heteroatoms. The van der Waals surface area contributed by atoms with E-state index >= 15 is 0 Å². The van der Waals surface area contributed by atoms with Gasteiger partial charge in [-0.25, -0.2) is 4.99 Å². The number of fused-ring (bicyclic) bond motifs is 2. The molecule has 4 aromatic rings. The van der Waals surface area contributed by atoms with Crippen molar-refractivity contribution in [3.63, 3.8) is 0 Å². The molecule has 33 heavy (non-hydrogen) atoms. The lowest BCUT2D eigenvalue weighted by Gasteiger charge is -2.12. The van der Waals surface area contributed by atoms with Gasteiger partial charge in [-0.05, 0) is 74.4 Å². The molecule has 0 aliphatic heterocycles. The SMILES string of the molecule is Cc1ccc(NC(=O)c2c(N=Cc3c[nH]c4ccccc34)sc3c2CCCCCC3)cc1C. The molecule has 1 amide bonds. The lowest BCUT2D eigenvalue weighted by atomic mass is 9.96. The maximum absolute atomic E-state index is 13.6. The van der Waals surface area contributed by atoms with E-state index in [-0.39, 0.29) is 5.91 Å². The van der Waals surface area contributed by atoms with Crippen molar-refractivity contribution in [2.24, 2.45) is 4.99 Å². The van der Waals surface area contributed by atoms with Crippen LogP contribution in [0.25, 0.3) is 10.9 Å². The summed E-state index contributed by atoms with van der Waals surface area (Å²) in [5, 5.41) is 5.10. The normalized spacial score (nSPS) is 14.2. The highest BCUT2D eigenvalue weighted by atomic mass is 32.1. The Balaban J connectivity index is 1.53. The first kappa shape index (κ1) is 21.7. The second kappa shape index (κ2) is 9.36. The summed E-state index contributed by atoms with van der Waals surface area (Å²) in [5.41, 5.74) is 7.31. The number of H-pyrrole nitrogens is 1. The van der Waals surface area contributed by atoms with Gasteiger partial charge in [-0.15, -0.1) is 11.3 Å². The Bertz CT molecular complexity index is 1340. The van der Waals surface area contributed by atoms with Gasteiger partial charge >= 0.3 is 0 Å². The third-order valence-corrected chi connectivity index (χ3v) is 7.79. The number of para-hydroxylation sites is 1. The summed E-state index contributed by atoms with van der Waals surface area (Å²) < 4.78 is 0. The molecule has 0 fully saturated rings. The summed E-state index contributed by atoms with van der Waals surface area (Å²) in [6.45, 7) is 4.15. The Morgan fingerprint density at radius 3 is 2.70 bits per heavy atom. The highest BCUT2D eigenvalue weighted by Crippen LogP contribution is 2.39. The minimum absolute atomic E-state index is 0.0533. The molecule has 2 aromatic carbocycles. The minimum atomic E-state index is -0.0533. The first-order valence-electron chi connectivity index (χ1n) is 11.7. The van der Waals surface area contributed by atoms with Crippen LogP contribution in [0.4, 0.5) is 10.7 Å². The third kappa shape index (κ3) is 4.51. The van der Waals surface area contributed by atoms with Crippen LogP contribution < -0.4 is 5.32 Å². The Morgan fingerprint density at radius 1 is 1.03 bits per heavy atom. The molecule has 0 saturated heterocycles. The molecule has 2 N–H and O–H groups in total. The Labute approximate surface area is 198 Å². The van der Waals surface area contributed by atoms with Crippen LogP contribution in [0.2, 0.25) is 0 Å². The van der Waals surface area contributed by atoms with Gasteiger partial charge in [0.05, 0.1) is 5.56 Å². The van der Waals surface area contributed by atoms with E-state index in [1.165, 1.54) is 40.8 Å². The molecule has 0 bridgehead atoms. The molecule has 2 aromatic heterocycles. The summed E-state index contributed by atoms with van der Waals surface area (Å²) >= 11 is 1.69. The molecular weight excluding hydrogens is 426 g/mol. The van der Waals surface area contributed by atoms with Crippen molar-refractivity contribution >= 4 is 45.0 Å². The molecule has 2 heterocycles. The van der Waals surface area contributed by atoms with Gasteiger partial charge in [-0.2, -0.15) is 0 Å². The lowest BCUT2D eigenvalue weighted by Crippen LogP contribution is -2.14. The van der Waals surface area contributed by atoms with E-state index in [9.17, 15) is 4.79 Å². The minimum Gasteiger partial charge on any atom is -0.361 e. The van der Waals surface area contributed by atoms with Gasteiger partial charge in [-0.3, -0.25) is 4.79 Å². The monoisotopic (exact) mass is 455 g/mol. The number of hydrogen-bond donors (Lipinski definition) is 2. The Kier molecular flexibility index (Phi) is 6.14. The molecule has 1 aliphatic rings. The molecule has 4 nitrogen and oxygen atoms in total. The van der Waals surface area contributed by atoms with Crippen molar-refractivity contribution < 1.29 is 4.79 Å². The first-order valence-corrected chi connectivity index (χ1v) is 12.5. The second-order valence-corrected chi connectivity index (χ2v) is 9.98. The summed E-state index contributed by atoms with van der Waals surface area (Å²) in [4.78, 5) is 23.1. The maximum atomic E-state index is 13.6. The molecule has 0 unspecified atom stereocenters. The average molecular weight is 456 g/mol. The zero-order valence-corrected chi connectivity index (χ0v) is 20.0. The number of benzene rings is 2. The van der Waals surface area contributed by atoms with Crippen molar-refractivity contribution in [1.29, 1.82) is 0 Å². The molecule has 0 spiro atoms. The number of carbonyl (C=O) groups excluding carboxylic acids is 1. The number of aromatic nitrogens is 1. The number of aromatic amines is 1. The van der Waals surface area contributed by atoms with Crippen molar-refractivity contribution in [3.8, 4) is 0 Å². The topological polar surface area (TPSA) is 57.2 Å². The van der Waals surface area contributed by atoms with E-state index in [1.807, 2.05) is 36.7 Å². The van der Waals surface area contributed by atoms with Crippen LogP contribution in [0.1, 0.15) is 63.2 Å². The van der Waals surface area contributed by atoms with Gasteiger partial charge in [-0.1, -0.05) is 37.1 Å². The van der Waals surface area contributed by atoms with E-state index in [1.54, 1.807) is 11.3 Å². The molecule has 0 saturated carbocycles. The number of nitrogens with zero attached hydrogens (tertiary/aromatic N) is 1. The number of rotatable bonds is 4. The number of aryl methyl sites for hydroxylation is 3. The van der Waals surface area contributed by atoms with Gasteiger partial charge in [0.25, 0.3) is 5.91 Å². The van der Waals surface area contributed by atoms with Crippen LogP contribution in [0.3, 0.4) is 0 Å². The summed E-state index contributed by atoms with van der Waals surface area (Å²) in [7, 11) is 0. The van der Waals surface area contributed by atoms with E-state index < -0.39 is 0 Å². The maximum Gasteiger partial charge on any atom is 0.259 e. The van der Waals surface area contributed by atoms with Crippen LogP contribution in [0.5, 0.6) is 0 Å². The molecule has 5 rings (SSSR count). The molecule has 0 atom stereocenters. The number of carbonyl (C=O) groups is 1. The van der Waals surface area contributed by atoms with E-state index in [4.69, 9.17) is 4.99 Å². The van der Waals surface area contributed by atoms with Gasteiger partial charge in [0, 0.05) is 39.4 Å². The fourth-order valence-corrected chi connectivity index (χ4v) is 5.80. The van der Waals surface area contributed by atoms with Gasteiger partial charge < -0.3 is 10.3 Å². The number of nitrogens with one attached hydrogen (secondary N) is 2. The second-order valence-electron chi connectivity index (χ2n) is 8.90. The van der Waals surface area contributed by atoms with E-state index in [0.717, 1.165) is 52.0 Å².